The van der Waals surface area contributed by atoms with Gasteiger partial charge in [0.1, 0.15) is 0 Å². The SMILES string of the molecule is O=C1CSC(=Nc2nc(C34CC5CC(CC(C5)C3)C4)cs2)N1. The van der Waals surface area contributed by atoms with E-state index in [4.69, 9.17) is 4.98 Å². The number of nitrogens with zero attached hydrogens (tertiary/aromatic N) is 2. The summed E-state index contributed by atoms with van der Waals surface area (Å²) in [7, 11) is 0. The van der Waals surface area contributed by atoms with Gasteiger partial charge in [0.05, 0.1) is 11.4 Å². The van der Waals surface area contributed by atoms with Gasteiger partial charge in [-0.3, -0.25) is 4.79 Å². The summed E-state index contributed by atoms with van der Waals surface area (Å²) in [6.07, 6.45) is 8.39. The monoisotopic (exact) mass is 333 g/mol. The van der Waals surface area contributed by atoms with Crippen LogP contribution in [0.1, 0.15) is 44.2 Å². The van der Waals surface area contributed by atoms with Crippen LogP contribution in [0.5, 0.6) is 0 Å². The van der Waals surface area contributed by atoms with Gasteiger partial charge in [0.2, 0.25) is 11.0 Å². The molecule has 22 heavy (non-hydrogen) atoms. The number of amides is 1. The summed E-state index contributed by atoms with van der Waals surface area (Å²) in [5.41, 5.74) is 1.63. The number of amidine groups is 1. The minimum absolute atomic E-state index is 0.0432. The zero-order valence-electron chi connectivity index (χ0n) is 12.4. The molecular weight excluding hydrogens is 314 g/mol. The molecule has 4 nitrogen and oxygen atoms in total. The molecular formula is C16H19N3OS2. The van der Waals surface area contributed by atoms with Gasteiger partial charge in [-0.05, 0) is 56.3 Å². The quantitative estimate of drug-likeness (QED) is 0.902. The largest absolute Gasteiger partial charge is 0.304 e. The van der Waals surface area contributed by atoms with Gasteiger partial charge in [-0.2, -0.15) is 4.99 Å². The van der Waals surface area contributed by atoms with Crippen LogP contribution in [0, 0.1) is 17.8 Å². The molecule has 1 aromatic heterocycles. The normalized spacial score (nSPS) is 41.4. The van der Waals surface area contributed by atoms with Crippen molar-refractivity contribution < 1.29 is 4.79 Å². The average Bonchev–Trinajstić information content (AvgIpc) is 3.07. The molecule has 0 radical (unpaired) electrons. The van der Waals surface area contributed by atoms with Crippen molar-refractivity contribution >= 4 is 39.3 Å². The average molecular weight is 333 g/mol. The predicted molar refractivity (Wildman–Crippen MR) is 89.7 cm³/mol. The Labute approximate surface area is 138 Å². The Morgan fingerprint density at radius 1 is 1.18 bits per heavy atom. The number of carbonyl (C=O) groups excluding carboxylic acids is 1. The predicted octanol–water partition coefficient (Wildman–Crippen LogP) is 3.46. The second kappa shape index (κ2) is 4.81. The number of thiazole rings is 1. The fraction of sp³-hybridized carbons (Fsp3) is 0.688. The summed E-state index contributed by atoms with van der Waals surface area (Å²) in [4.78, 5) is 20.6. The van der Waals surface area contributed by atoms with Crippen molar-refractivity contribution in [3.63, 3.8) is 0 Å². The van der Waals surface area contributed by atoms with Gasteiger partial charge >= 0.3 is 0 Å². The van der Waals surface area contributed by atoms with Crippen LogP contribution in [0.3, 0.4) is 0 Å². The second-order valence-electron chi connectivity index (χ2n) is 7.47. The van der Waals surface area contributed by atoms with E-state index in [9.17, 15) is 4.79 Å². The van der Waals surface area contributed by atoms with Crippen LogP contribution >= 0.6 is 23.1 Å². The molecule has 0 atom stereocenters. The molecule has 5 fully saturated rings. The first-order valence-corrected chi connectivity index (χ1v) is 10.0. The molecule has 0 spiro atoms. The van der Waals surface area contributed by atoms with E-state index in [0.29, 0.717) is 16.3 Å². The lowest BCUT2D eigenvalue weighted by molar-refractivity contribution is -0.116. The number of thioether (sulfide) groups is 1. The number of aromatic nitrogens is 1. The second-order valence-corrected chi connectivity index (χ2v) is 9.27. The molecule has 1 saturated heterocycles. The van der Waals surface area contributed by atoms with Crippen molar-refractivity contribution in [1.29, 1.82) is 0 Å². The third-order valence-corrected chi connectivity index (χ3v) is 7.46. The van der Waals surface area contributed by atoms with Gasteiger partial charge in [0.15, 0.2) is 5.17 Å². The third kappa shape index (κ3) is 2.14. The lowest BCUT2D eigenvalue weighted by Crippen LogP contribution is -2.48. The van der Waals surface area contributed by atoms with E-state index in [0.717, 1.165) is 22.9 Å². The molecule has 4 aliphatic carbocycles. The van der Waals surface area contributed by atoms with Gasteiger partial charge in [-0.15, -0.1) is 11.3 Å². The third-order valence-electron chi connectivity index (χ3n) is 5.86. The fourth-order valence-electron chi connectivity index (χ4n) is 5.46. The van der Waals surface area contributed by atoms with Crippen molar-refractivity contribution in [2.45, 2.75) is 43.9 Å². The summed E-state index contributed by atoms with van der Waals surface area (Å²) >= 11 is 3.09. The van der Waals surface area contributed by atoms with Crippen molar-refractivity contribution in [2.75, 3.05) is 5.75 Å². The van der Waals surface area contributed by atoms with E-state index in [1.54, 1.807) is 11.3 Å². The van der Waals surface area contributed by atoms with Crippen LogP contribution in [-0.2, 0) is 10.2 Å². The summed E-state index contributed by atoms with van der Waals surface area (Å²) < 4.78 is 0. The molecule has 5 aliphatic rings. The van der Waals surface area contributed by atoms with Crippen molar-refractivity contribution in [2.24, 2.45) is 22.7 Å². The van der Waals surface area contributed by atoms with E-state index in [1.807, 2.05) is 0 Å². The topological polar surface area (TPSA) is 54.4 Å². The maximum absolute atomic E-state index is 11.2. The Hall–Kier alpha value is -0.880. The number of nitrogens with one attached hydrogen (secondary N) is 1. The maximum atomic E-state index is 11.2. The Balaban J connectivity index is 1.43. The molecule has 4 saturated carbocycles. The molecule has 1 N–H and O–H groups in total. The first kappa shape index (κ1) is 13.5. The lowest BCUT2D eigenvalue weighted by atomic mass is 9.49. The van der Waals surface area contributed by atoms with Crippen LogP contribution < -0.4 is 5.32 Å². The minimum Gasteiger partial charge on any atom is -0.304 e. The summed E-state index contributed by atoms with van der Waals surface area (Å²) in [6.45, 7) is 0. The van der Waals surface area contributed by atoms with Gasteiger partial charge in [0, 0.05) is 10.8 Å². The molecule has 1 aliphatic heterocycles. The number of hydrogen-bond donors (Lipinski definition) is 1. The van der Waals surface area contributed by atoms with E-state index < -0.39 is 0 Å². The summed E-state index contributed by atoms with van der Waals surface area (Å²) in [5.74, 6) is 3.33. The number of carbonyl (C=O) groups is 1. The lowest BCUT2D eigenvalue weighted by Gasteiger charge is -2.56. The molecule has 116 valence electrons. The number of rotatable bonds is 2. The standard InChI is InChI=1S/C16H19N3OS2/c20-13-8-22-15(18-13)19-14-17-12(7-21-14)16-4-9-1-10(5-16)3-11(2-9)6-16/h7,9-11H,1-6,8H2,(H,17,18,19,20). The molecule has 1 amide bonds. The van der Waals surface area contributed by atoms with Crippen molar-refractivity contribution in [3.8, 4) is 0 Å². The molecule has 6 rings (SSSR count). The summed E-state index contributed by atoms with van der Waals surface area (Å²) in [5, 5.41) is 6.52. The smallest absolute Gasteiger partial charge is 0.236 e. The Kier molecular flexibility index (Phi) is 2.96. The molecule has 0 aromatic carbocycles. The van der Waals surface area contributed by atoms with Crippen molar-refractivity contribution in [1.82, 2.24) is 10.3 Å². The molecule has 2 heterocycles. The molecule has 0 unspecified atom stereocenters. The van der Waals surface area contributed by atoms with Crippen LogP contribution in [0.25, 0.3) is 0 Å². The Morgan fingerprint density at radius 3 is 2.45 bits per heavy atom. The van der Waals surface area contributed by atoms with E-state index in [-0.39, 0.29) is 5.91 Å². The van der Waals surface area contributed by atoms with Crippen LogP contribution in [0.15, 0.2) is 10.4 Å². The minimum atomic E-state index is 0.0432. The maximum Gasteiger partial charge on any atom is 0.236 e. The number of aliphatic imine (C=N–C) groups is 1. The Morgan fingerprint density at radius 2 is 1.86 bits per heavy atom. The van der Waals surface area contributed by atoms with Crippen molar-refractivity contribution in [3.05, 3.63) is 11.1 Å². The Bertz CT molecular complexity index is 631. The molecule has 6 heteroatoms. The van der Waals surface area contributed by atoms with Gasteiger partial charge < -0.3 is 5.32 Å². The van der Waals surface area contributed by atoms with Crippen LogP contribution in [-0.4, -0.2) is 21.8 Å². The van der Waals surface area contributed by atoms with E-state index >= 15 is 0 Å². The van der Waals surface area contributed by atoms with Crippen LogP contribution in [0.2, 0.25) is 0 Å². The van der Waals surface area contributed by atoms with Crippen LogP contribution in [0.4, 0.5) is 5.13 Å². The highest BCUT2D eigenvalue weighted by Gasteiger charge is 2.52. The zero-order chi connectivity index (χ0) is 14.7. The highest BCUT2D eigenvalue weighted by atomic mass is 32.2. The van der Waals surface area contributed by atoms with Gasteiger partial charge in [-0.25, -0.2) is 4.98 Å². The fourth-order valence-corrected chi connectivity index (χ4v) is 7.01. The van der Waals surface area contributed by atoms with Gasteiger partial charge in [-0.1, -0.05) is 11.8 Å². The van der Waals surface area contributed by atoms with E-state index in [1.165, 1.54) is 56.0 Å². The summed E-state index contributed by atoms with van der Waals surface area (Å²) in [6, 6.07) is 0. The highest BCUT2D eigenvalue weighted by molar-refractivity contribution is 8.15. The molecule has 4 bridgehead atoms. The zero-order valence-corrected chi connectivity index (χ0v) is 14.0. The molecule has 1 aromatic rings. The highest BCUT2D eigenvalue weighted by Crippen LogP contribution is 2.60. The van der Waals surface area contributed by atoms with Gasteiger partial charge in [0.25, 0.3) is 0 Å². The number of hydrogen-bond acceptors (Lipinski definition) is 5. The first-order valence-electron chi connectivity index (χ1n) is 8.16. The van der Waals surface area contributed by atoms with E-state index in [2.05, 4.69) is 15.7 Å². The first-order chi connectivity index (χ1) is 10.7.